The van der Waals surface area contributed by atoms with Crippen molar-refractivity contribution >= 4 is 17.2 Å². The summed E-state index contributed by atoms with van der Waals surface area (Å²) in [4.78, 5) is 20.2. The van der Waals surface area contributed by atoms with Gasteiger partial charge in [-0.05, 0) is 44.6 Å². The lowest BCUT2D eigenvalue weighted by molar-refractivity contribution is 0.0588. The van der Waals surface area contributed by atoms with Crippen LogP contribution in [0.3, 0.4) is 0 Å². The number of piperidine rings is 1. The van der Waals surface area contributed by atoms with Gasteiger partial charge in [0.2, 0.25) is 0 Å². The van der Waals surface area contributed by atoms with Gasteiger partial charge in [-0.3, -0.25) is 9.48 Å². The van der Waals surface area contributed by atoms with Gasteiger partial charge in [-0.15, -0.1) is 11.3 Å². The van der Waals surface area contributed by atoms with Crippen LogP contribution in [0.25, 0.3) is 0 Å². The second-order valence-corrected chi connectivity index (χ2v) is 7.79. The van der Waals surface area contributed by atoms with Crippen molar-refractivity contribution < 1.29 is 4.79 Å². The zero-order valence-electron chi connectivity index (χ0n) is 13.4. The van der Waals surface area contributed by atoms with E-state index in [0.717, 1.165) is 41.4 Å². The summed E-state index contributed by atoms with van der Waals surface area (Å²) in [6, 6.07) is 0.238. The number of likely N-dealkylation sites (tertiary alicyclic amines) is 1. The van der Waals surface area contributed by atoms with Gasteiger partial charge in [0.1, 0.15) is 4.88 Å². The molecule has 2 aromatic heterocycles. The van der Waals surface area contributed by atoms with E-state index in [1.807, 2.05) is 22.7 Å². The molecule has 0 N–H and O–H groups in total. The lowest BCUT2D eigenvalue weighted by atomic mass is 10.0. The Morgan fingerprint density at radius 1 is 1.30 bits per heavy atom. The van der Waals surface area contributed by atoms with Crippen molar-refractivity contribution in [3.63, 3.8) is 0 Å². The van der Waals surface area contributed by atoms with E-state index in [-0.39, 0.29) is 11.9 Å². The van der Waals surface area contributed by atoms with Crippen molar-refractivity contribution in [2.45, 2.75) is 57.5 Å². The molecule has 0 aromatic carbocycles. The topological polar surface area (TPSA) is 51.0 Å². The first-order valence-electron chi connectivity index (χ1n) is 8.46. The second-order valence-electron chi connectivity index (χ2n) is 6.72. The largest absolute Gasteiger partial charge is 0.333 e. The fraction of sp³-hybridized carbons (Fsp3) is 0.588. The summed E-state index contributed by atoms with van der Waals surface area (Å²) in [5.41, 5.74) is 1.16. The van der Waals surface area contributed by atoms with Crippen molar-refractivity contribution in [1.82, 2.24) is 19.7 Å². The molecule has 1 atom stereocenters. The first kappa shape index (κ1) is 14.9. The molecule has 1 saturated heterocycles. The molecular formula is C17H22N4OS. The highest BCUT2D eigenvalue weighted by Gasteiger charge is 2.31. The summed E-state index contributed by atoms with van der Waals surface area (Å²) in [5.74, 6) is 0.772. The van der Waals surface area contributed by atoms with E-state index in [2.05, 4.69) is 16.3 Å². The Hall–Kier alpha value is -1.69. The molecule has 0 unspecified atom stereocenters. The normalized spacial score (nSPS) is 21.6. The van der Waals surface area contributed by atoms with E-state index in [4.69, 9.17) is 0 Å². The van der Waals surface area contributed by atoms with Gasteiger partial charge in [0.25, 0.3) is 5.91 Å². The van der Waals surface area contributed by atoms with E-state index in [9.17, 15) is 4.79 Å². The predicted molar refractivity (Wildman–Crippen MR) is 89.7 cm³/mol. The van der Waals surface area contributed by atoms with Crippen LogP contribution in [0.4, 0.5) is 0 Å². The van der Waals surface area contributed by atoms with Crippen LogP contribution in [0.15, 0.2) is 18.6 Å². The minimum Gasteiger partial charge on any atom is -0.333 e. The van der Waals surface area contributed by atoms with E-state index >= 15 is 0 Å². The summed E-state index contributed by atoms with van der Waals surface area (Å²) < 4.78 is 1.97. The summed E-state index contributed by atoms with van der Waals surface area (Å²) in [6.45, 7) is 3.68. The lowest BCUT2D eigenvalue weighted by Crippen LogP contribution is -2.45. The van der Waals surface area contributed by atoms with Crippen molar-refractivity contribution in [3.05, 3.63) is 34.0 Å². The van der Waals surface area contributed by atoms with Gasteiger partial charge in [-0.25, -0.2) is 4.98 Å². The van der Waals surface area contributed by atoms with Crippen LogP contribution in [0.1, 0.15) is 58.3 Å². The molecule has 1 amide bonds. The Kier molecular flexibility index (Phi) is 3.93. The summed E-state index contributed by atoms with van der Waals surface area (Å²) in [5, 5.41) is 5.52. The van der Waals surface area contributed by atoms with Crippen LogP contribution < -0.4 is 0 Å². The zero-order valence-corrected chi connectivity index (χ0v) is 14.3. The highest BCUT2D eigenvalue weighted by atomic mass is 32.1. The minimum atomic E-state index is 0.156. The fourth-order valence-electron chi connectivity index (χ4n) is 3.29. The number of hydrogen-bond acceptors (Lipinski definition) is 4. The Labute approximate surface area is 140 Å². The smallest absolute Gasteiger partial charge is 0.265 e. The third kappa shape index (κ3) is 3.17. The number of rotatable bonds is 4. The van der Waals surface area contributed by atoms with Crippen LogP contribution in [0.2, 0.25) is 0 Å². The average molecular weight is 330 g/mol. The highest BCUT2D eigenvalue weighted by molar-refractivity contribution is 7.13. The first-order valence-corrected chi connectivity index (χ1v) is 9.28. The lowest BCUT2D eigenvalue weighted by Gasteiger charge is -2.35. The first-order chi connectivity index (χ1) is 11.2. The van der Waals surface area contributed by atoms with Crippen LogP contribution >= 0.6 is 11.3 Å². The van der Waals surface area contributed by atoms with E-state index < -0.39 is 0 Å². The van der Waals surface area contributed by atoms with Gasteiger partial charge >= 0.3 is 0 Å². The molecule has 5 nitrogen and oxygen atoms in total. The van der Waals surface area contributed by atoms with Gasteiger partial charge in [0.15, 0.2) is 0 Å². The molecule has 2 aliphatic rings. The molecule has 2 fully saturated rings. The number of amides is 1. The van der Waals surface area contributed by atoms with E-state index in [1.54, 1.807) is 17.5 Å². The van der Waals surface area contributed by atoms with Crippen LogP contribution in [-0.4, -0.2) is 38.2 Å². The summed E-state index contributed by atoms with van der Waals surface area (Å²) in [6.07, 6.45) is 11.5. The van der Waals surface area contributed by atoms with Crippen LogP contribution in [-0.2, 0) is 6.54 Å². The van der Waals surface area contributed by atoms with Crippen LogP contribution in [0.5, 0.6) is 0 Å². The van der Waals surface area contributed by atoms with Crippen LogP contribution in [0, 0.1) is 6.92 Å². The van der Waals surface area contributed by atoms with Gasteiger partial charge in [0, 0.05) is 18.7 Å². The molecule has 122 valence electrons. The Balaban J connectivity index is 1.50. The minimum absolute atomic E-state index is 0.156. The van der Waals surface area contributed by atoms with Gasteiger partial charge in [0.05, 0.1) is 30.0 Å². The highest BCUT2D eigenvalue weighted by Crippen LogP contribution is 2.42. The van der Waals surface area contributed by atoms with Crippen molar-refractivity contribution in [2.75, 3.05) is 6.54 Å². The molecule has 2 aromatic rings. The third-order valence-electron chi connectivity index (χ3n) is 4.71. The van der Waals surface area contributed by atoms with E-state index in [0.29, 0.717) is 5.92 Å². The number of nitrogens with zero attached hydrogens (tertiary/aromatic N) is 4. The molecule has 23 heavy (non-hydrogen) atoms. The molecule has 0 radical (unpaired) electrons. The van der Waals surface area contributed by atoms with Gasteiger partial charge in [-0.2, -0.15) is 5.10 Å². The molecular weight excluding hydrogens is 308 g/mol. The number of carbonyl (C=O) groups is 1. The van der Waals surface area contributed by atoms with Gasteiger partial charge < -0.3 is 4.90 Å². The Bertz CT molecular complexity index is 703. The Morgan fingerprint density at radius 3 is 2.91 bits per heavy atom. The SMILES string of the molecule is Cc1cnn(C[C@@H]2CCCCN2C(=O)c2cnc(C3CC3)s2)c1. The molecule has 1 saturated carbocycles. The summed E-state index contributed by atoms with van der Waals surface area (Å²) in [7, 11) is 0. The number of aromatic nitrogens is 3. The number of hydrogen-bond donors (Lipinski definition) is 0. The molecule has 4 rings (SSSR count). The molecule has 0 bridgehead atoms. The maximum Gasteiger partial charge on any atom is 0.265 e. The van der Waals surface area contributed by atoms with Crippen molar-refractivity contribution in [1.29, 1.82) is 0 Å². The van der Waals surface area contributed by atoms with E-state index in [1.165, 1.54) is 19.3 Å². The molecule has 6 heteroatoms. The van der Waals surface area contributed by atoms with Gasteiger partial charge in [-0.1, -0.05) is 0 Å². The molecule has 3 heterocycles. The second kappa shape index (κ2) is 6.07. The monoisotopic (exact) mass is 330 g/mol. The van der Waals surface area contributed by atoms with Crippen molar-refractivity contribution in [2.24, 2.45) is 0 Å². The quantitative estimate of drug-likeness (QED) is 0.865. The molecule has 1 aliphatic carbocycles. The zero-order chi connectivity index (χ0) is 15.8. The number of carbonyl (C=O) groups excluding carboxylic acids is 1. The third-order valence-corrected chi connectivity index (χ3v) is 5.86. The Morgan fingerprint density at radius 2 is 2.17 bits per heavy atom. The standard InChI is InChI=1S/C17H22N4OS/c1-12-8-19-20(10-12)11-14-4-2-3-7-21(14)17(22)15-9-18-16(23-15)13-5-6-13/h8-10,13-14H,2-7,11H2,1H3/t14-/m0/s1. The molecule has 1 aliphatic heterocycles. The maximum atomic E-state index is 12.9. The number of aryl methyl sites for hydroxylation is 1. The van der Waals surface area contributed by atoms with Crippen molar-refractivity contribution in [3.8, 4) is 0 Å². The predicted octanol–water partition coefficient (Wildman–Crippen LogP) is 3.22. The number of thiazole rings is 1. The molecule has 0 spiro atoms. The summed E-state index contributed by atoms with van der Waals surface area (Å²) >= 11 is 1.59. The maximum absolute atomic E-state index is 12.9. The average Bonchev–Trinajstić information content (AvgIpc) is 3.15. The fourth-order valence-corrected chi connectivity index (χ4v) is 4.33.